The van der Waals surface area contributed by atoms with E-state index in [1.54, 1.807) is 0 Å². The summed E-state index contributed by atoms with van der Waals surface area (Å²) in [6.07, 6.45) is 0. The third-order valence-electron chi connectivity index (χ3n) is 3.78. The zero-order valence-corrected chi connectivity index (χ0v) is 13.1. The van der Waals surface area contributed by atoms with Gasteiger partial charge in [0.1, 0.15) is 11.5 Å². The van der Waals surface area contributed by atoms with E-state index < -0.39 is 0 Å². The van der Waals surface area contributed by atoms with Gasteiger partial charge >= 0.3 is 0 Å². The molecule has 0 saturated carbocycles. The number of furan rings is 1. The minimum absolute atomic E-state index is 0.804. The van der Waals surface area contributed by atoms with E-state index >= 15 is 0 Å². The van der Waals surface area contributed by atoms with Gasteiger partial charge in [0.05, 0.1) is 13.1 Å². The zero-order valence-electron chi connectivity index (χ0n) is 13.1. The van der Waals surface area contributed by atoms with Gasteiger partial charge in [-0.3, -0.25) is 9.80 Å². The van der Waals surface area contributed by atoms with E-state index in [4.69, 9.17) is 4.42 Å². The van der Waals surface area contributed by atoms with Crippen LogP contribution in [0.3, 0.4) is 0 Å². The predicted octanol–water partition coefficient (Wildman–Crippen LogP) is 0.678. The molecule has 1 aromatic rings. The maximum atomic E-state index is 5.81. The normalized spacial score (nSPS) is 18.0. The van der Waals surface area contributed by atoms with Crippen LogP contribution in [0.5, 0.6) is 0 Å². The van der Waals surface area contributed by atoms with Crippen molar-refractivity contribution in [1.29, 1.82) is 0 Å². The summed E-state index contributed by atoms with van der Waals surface area (Å²) in [5.74, 6) is 2.10. The molecule has 1 aliphatic heterocycles. The Kier molecular flexibility index (Phi) is 6.04. The fraction of sp³-hybridized carbons (Fsp3) is 0.733. The predicted molar refractivity (Wildman–Crippen MR) is 81.7 cm³/mol. The molecule has 0 bridgehead atoms. The van der Waals surface area contributed by atoms with Crippen LogP contribution >= 0.6 is 0 Å². The smallest absolute Gasteiger partial charge is 0.118 e. The average molecular weight is 280 g/mol. The molecule has 20 heavy (non-hydrogen) atoms. The van der Waals surface area contributed by atoms with E-state index in [9.17, 15) is 0 Å². The lowest BCUT2D eigenvalue weighted by Crippen LogP contribution is -2.47. The van der Waals surface area contributed by atoms with E-state index in [-0.39, 0.29) is 0 Å². The van der Waals surface area contributed by atoms with Crippen LogP contribution in [0, 0.1) is 0 Å². The maximum absolute atomic E-state index is 5.81. The molecule has 0 atom stereocenters. The Labute approximate surface area is 122 Å². The average Bonchev–Trinajstić information content (AvgIpc) is 2.86. The number of likely N-dealkylation sites (N-methyl/N-ethyl adjacent to an activating group) is 1. The third kappa shape index (κ3) is 4.90. The summed E-state index contributed by atoms with van der Waals surface area (Å²) in [4.78, 5) is 7.28. The van der Waals surface area contributed by atoms with Crippen LogP contribution in [-0.4, -0.2) is 75.1 Å². The number of piperazine rings is 1. The summed E-state index contributed by atoms with van der Waals surface area (Å²) >= 11 is 0. The summed E-state index contributed by atoms with van der Waals surface area (Å²) in [6.45, 7) is 8.66. The van der Waals surface area contributed by atoms with E-state index in [1.165, 1.54) is 6.54 Å². The van der Waals surface area contributed by atoms with Gasteiger partial charge in [-0.15, -0.1) is 0 Å². The van der Waals surface area contributed by atoms with E-state index in [0.717, 1.165) is 57.3 Å². The maximum Gasteiger partial charge on any atom is 0.118 e. The summed E-state index contributed by atoms with van der Waals surface area (Å²) in [6, 6.07) is 4.17. The van der Waals surface area contributed by atoms with Crippen LogP contribution < -0.4 is 5.32 Å². The molecule has 0 radical (unpaired) electrons. The summed E-state index contributed by atoms with van der Waals surface area (Å²) in [7, 11) is 6.21. The second-order valence-corrected chi connectivity index (χ2v) is 5.82. The number of nitrogens with one attached hydrogen (secondary N) is 1. The minimum atomic E-state index is 0.804. The lowest BCUT2D eigenvalue weighted by atomic mass is 10.3. The second-order valence-electron chi connectivity index (χ2n) is 5.82. The minimum Gasteiger partial charge on any atom is -0.463 e. The molecule has 5 heteroatoms. The highest BCUT2D eigenvalue weighted by atomic mass is 16.3. The Hall–Kier alpha value is -0.880. The van der Waals surface area contributed by atoms with Crippen molar-refractivity contribution in [2.45, 2.75) is 13.1 Å². The quantitative estimate of drug-likeness (QED) is 0.794. The number of rotatable bonds is 7. The molecule has 0 amide bonds. The van der Waals surface area contributed by atoms with Crippen molar-refractivity contribution in [2.24, 2.45) is 0 Å². The topological polar surface area (TPSA) is 34.9 Å². The lowest BCUT2D eigenvalue weighted by molar-refractivity contribution is 0.114. The Morgan fingerprint density at radius 1 is 1.10 bits per heavy atom. The molecule has 2 heterocycles. The second kappa shape index (κ2) is 7.78. The van der Waals surface area contributed by atoms with Gasteiger partial charge < -0.3 is 14.6 Å². The standard InChI is InChI=1S/C15H28N4O/c1-16-12-14-4-5-15(20-14)13-19-10-8-18(9-11-19)7-6-17(2)3/h4-5,16H,6-13H2,1-3H3. The summed E-state index contributed by atoms with van der Waals surface area (Å²) in [5, 5.41) is 3.11. The molecular weight excluding hydrogens is 252 g/mol. The first-order chi connectivity index (χ1) is 9.67. The Morgan fingerprint density at radius 2 is 1.75 bits per heavy atom. The van der Waals surface area contributed by atoms with Crippen LogP contribution in [0.2, 0.25) is 0 Å². The van der Waals surface area contributed by atoms with Crippen molar-refractivity contribution >= 4 is 0 Å². The number of hydrogen-bond acceptors (Lipinski definition) is 5. The van der Waals surface area contributed by atoms with Crippen LogP contribution in [0.4, 0.5) is 0 Å². The van der Waals surface area contributed by atoms with E-state index in [1.807, 2.05) is 7.05 Å². The fourth-order valence-electron chi connectivity index (χ4n) is 2.51. The van der Waals surface area contributed by atoms with E-state index in [0.29, 0.717) is 0 Å². The largest absolute Gasteiger partial charge is 0.463 e. The van der Waals surface area contributed by atoms with Gasteiger partial charge in [-0.05, 0) is 33.3 Å². The highest BCUT2D eigenvalue weighted by Crippen LogP contribution is 2.12. The SMILES string of the molecule is CNCc1ccc(CN2CCN(CCN(C)C)CC2)o1. The van der Waals surface area contributed by atoms with Gasteiger partial charge in [-0.1, -0.05) is 0 Å². The molecule has 114 valence electrons. The zero-order chi connectivity index (χ0) is 14.4. The molecule has 0 spiro atoms. The summed E-state index contributed by atoms with van der Waals surface area (Å²) in [5.41, 5.74) is 0. The van der Waals surface area contributed by atoms with Gasteiger partial charge in [0.25, 0.3) is 0 Å². The Balaban J connectivity index is 1.70. The van der Waals surface area contributed by atoms with Gasteiger partial charge in [-0.25, -0.2) is 0 Å². The molecule has 1 aliphatic rings. The molecule has 1 N–H and O–H groups in total. The van der Waals surface area contributed by atoms with Crippen molar-refractivity contribution < 1.29 is 4.42 Å². The number of nitrogens with zero attached hydrogens (tertiary/aromatic N) is 3. The lowest BCUT2D eigenvalue weighted by Gasteiger charge is -2.34. The van der Waals surface area contributed by atoms with Crippen LogP contribution in [0.15, 0.2) is 16.5 Å². The van der Waals surface area contributed by atoms with Crippen molar-refractivity contribution in [1.82, 2.24) is 20.0 Å². The van der Waals surface area contributed by atoms with Crippen molar-refractivity contribution in [3.8, 4) is 0 Å². The van der Waals surface area contributed by atoms with Crippen LogP contribution in [0.1, 0.15) is 11.5 Å². The molecule has 0 unspecified atom stereocenters. The Bertz CT molecular complexity index is 383. The molecular formula is C15H28N4O. The first kappa shape index (κ1) is 15.5. The molecule has 2 rings (SSSR count). The highest BCUT2D eigenvalue weighted by molar-refractivity contribution is 5.07. The van der Waals surface area contributed by atoms with Crippen molar-refractivity contribution in [2.75, 3.05) is 60.4 Å². The molecule has 0 aliphatic carbocycles. The van der Waals surface area contributed by atoms with Gasteiger partial charge in [0.15, 0.2) is 0 Å². The van der Waals surface area contributed by atoms with Crippen molar-refractivity contribution in [3.63, 3.8) is 0 Å². The van der Waals surface area contributed by atoms with Crippen molar-refractivity contribution in [3.05, 3.63) is 23.7 Å². The van der Waals surface area contributed by atoms with Crippen LogP contribution in [0.25, 0.3) is 0 Å². The summed E-state index contributed by atoms with van der Waals surface area (Å²) < 4.78 is 5.81. The third-order valence-corrected chi connectivity index (χ3v) is 3.78. The first-order valence-corrected chi connectivity index (χ1v) is 7.49. The van der Waals surface area contributed by atoms with Gasteiger partial charge in [0, 0.05) is 39.3 Å². The highest BCUT2D eigenvalue weighted by Gasteiger charge is 2.17. The molecule has 0 aromatic carbocycles. The fourth-order valence-corrected chi connectivity index (χ4v) is 2.51. The van der Waals surface area contributed by atoms with Crippen LogP contribution in [-0.2, 0) is 13.1 Å². The Morgan fingerprint density at radius 3 is 2.40 bits per heavy atom. The van der Waals surface area contributed by atoms with Gasteiger partial charge in [-0.2, -0.15) is 0 Å². The molecule has 1 saturated heterocycles. The number of hydrogen-bond donors (Lipinski definition) is 1. The molecule has 5 nitrogen and oxygen atoms in total. The van der Waals surface area contributed by atoms with E-state index in [2.05, 4.69) is 46.2 Å². The van der Waals surface area contributed by atoms with Gasteiger partial charge in [0.2, 0.25) is 0 Å². The molecule has 1 aromatic heterocycles. The first-order valence-electron chi connectivity index (χ1n) is 7.49. The monoisotopic (exact) mass is 280 g/mol. The molecule has 1 fully saturated rings.